The second-order valence-electron chi connectivity index (χ2n) is 11.6. The molecule has 0 saturated heterocycles. The molecular weight excluding hydrogens is 508 g/mol. The van der Waals surface area contributed by atoms with E-state index < -0.39 is 0 Å². The summed E-state index contributed by atoms with van der Waals surface area (Å²) in [6.07, 6.45) is 0. The van der Waals surface area contributed by atoms with E-state index in [1.165, 1.54) is 60.8 Å². The predicted molar refractivity (Wildman–Crippen MR) is 173 cm³/mol. The number of hydrogen-bond acceptors (Lipinski definition) is 1. The van der Waals surface area contributed by atoms with Crippen LogP contribution in [0, 0.1) is 0 Å². The van der Waals surface area contributed by atoms with Crippen LogP contribution in [0.2, 0.25) is 0 Å². The summed E-state index contributed by atoms with van der Waals surface area (Å²) in [5.74, 6) is 0. The van der Waals surface area contributed by atoms with E-state index in [0.717, 1.165) is 27.5 Å². The van der Waals surface area contributed by atoms with Crippen LogP contribution in [-0.2, 0) is 5.41 Å². The Labute approximate surface area is 243 Å². The summed E-state index contributed by atoms with van der Waals surface area (Å²) in [7, 11) is 0. The fourth-order valence-corrected chi connectivity index (χ4v) is 8.01. The van der Waals surface area contributed by atoms with Crippen molar-refractivity contribution in [3.05, 3.63) is 168 Å². The Morgan fingerprint density at radius 3 is 1.67 bits per heavy atom. The van der Waals surface area contributed by atoms with Gasteiger partial charge in [-0.3, -0.25) is 0 Å². The Kier molecular flexibility index (Phi) is 4.18. The minimum Gasteiger partial charge on any atom is -0.456 e. The number of fused-ring (bicyclic) bond motifs is 15. The second-order valence-corrected chi connectivity index (χ2v) is 11.6. The van der Waals surface area contributed by atoms with Crippen LogP contribution in [0.25, 0.3) is 66.1 Å². The van der Waals surface area contributed by atoms with Crippen molar-refractivity contribution in [2.45, 2.75) is 5.41 Å². The molecule has 8 aromatic rings. The average Bonchev–Trinajstić information content (AvgIpc) is 3.68. The maximum absolute atomic E-state index is 6.27. The minimum absolute atomic E-state index is 0.361. The molecule has 0 unspecified atom stereocenters. The van der Waals surface area contributed by atoms with E-state index in [-0.39, 0.29) is 5.41 Å². The van der Waals surface area contributed by atoms with Gasteiger partial charge in [0.25, 0.3) is 0 Å². The summed E-state index contributed by atoms with van der Waals surface area (Å²) < 4.78 is 6.27. The first-order chi connectivity index (χ1) is 20.8. The monoisotopic (exact) mass is 532 g/mol. The molecule has 42 heavy (non-hydrogen) atoms. The van der Waals surface area contributed by atoms with Gasteiger partial charge < -0.3 is 4.42 Å². The Morgan fingerprint density at radius 2 is 0.929 bits per heavy atom. The highest BCUT2D eigenvalue weighted by Gasteiger charge is 2.52. The number of para-hydroxylation sites is 1. The largest absolute Gasteiger partial charge is 0.456 e. The van der Waals surface area contributed by atoms with Gasteiger partial charge in [-0.05, 0) is 90.7 Å². The lowest BCUT2D eigenvalue weighted by molar-refractivity contribution is 0.669. The smallest absolute Gasteiger partial charge is 0.136 e. The van der Waals surface area contributed by atoms with Gasteiger partial charge in [0.15, 0.2) is 0 Å². The first-order valence-electron chi connectivity index (χ1n) is 14.6. The van der Waals surface area contributed by atoms with Gasteiger partial charge in [0.1, 0.15) is 11.2 Å². The van der Waals surface area contributed by atoms with Gasteiger partial charge in [-0.15, -0.1) is 0 Å². The zero-order chi connectivity index (χ0) is 27.4. The quantitative estimate of drug-likeness (QED) is 0.205. The van der Waals surface area contributed by atoms with Crippen molar-refractivity contribution in [3.63, 3.8) is 0 Å². The minimum atomic E-state index is -0.361. The summed E-state index contributed by atoms with van der Waals surface area (Å²) >= 11 is 0. The van der Waals surface area contributed by atoms with Crippen molar-refractivity contribution < 1.29 is 4.42 Å². The normalized spacial score (nSPS) is 13.9. The van der Waals surface area contributed by atoms with E-state index in [9.17, 15) is 0 Å². The molecule has 0 radical (unpaired) electrons. The fraction of sp³-hybridized carbons (Fsp3) is 0.0244. The van der Waals surface area contributed by atoms with Crippen molar-refractivity contribution in [2.75, 3.05) is 0 Å². The Bertz CT molecular complexity index is 2360. The molecule has 1 heteroatoms. The maximum Gasteiger partial charge on any atom is 0.136 e. The standard InChI is InChI=1S/C41H24O/c1-5-13-35-28(9-1)29-10-2-6-14-36(29)41(35)37-15-7-3-11-30(37)33-22-19-25-17-18-26(23-34(25)40(33)41)27-20-21-32-31-12-4-8-16-38(31)42-39(32)24-27/h1-24H. The Hall–Kier alpha value is -5.40. The SMILES string of the molecule is c1ccc2c(c1)-c1ccccc1C21c2ccccc2-c2ccc3ccc(-c4ccc5c(c4)oc4ccccc45)cc3c21. The first-order valence-corrected chi connectivity index (χ1v) is 14.6. The third kappa shape index (κ3) is 2.64. The average molecular weight is 533 g/mol. The molecule has 7 aromatic carbocycles. The number of benzene rings is 7. The maximum atomic E-state index is 6.27. The van der Waals surface area contributed by atoms with Crippen LogP contribution >= 0.6 is 0 Å². The molecule has 1 spiro atoms. The summed E-state index contributed by atoms with van der Waals surface area (Å²) in [4.78, 5) is 0. The molecule has 10 rings (SSSR count). The molecule has 0 bridgehead atoms. The highest BCUT2D eigenvalue weighted by atomic mass is 16.3. The van der Waals surface area contributed by atoms with Crippen LogP contribution < -0.4 is 0 Å². The molecule has 1 aromatic heterocycles. The van der Waals surface area contributed by atoms with Crippen LogP contribution in [0.15, 0.2) is 150 Å². The van der Waals surface area contributed by atoms with Gasteiger partial charge in [-0.25, -0.2) is 0 Å². The highest BCUT2D eigenvalue weighted by Crippen LogP contribution is 2.64. The fourth-order valence-electron chi connectivity index (χ4n) is 8.01. The molecule has 0 amide bonds. The summed E-state index contributed by atoms with van der Waals surface area (Å²) in [5, 5.41) is 4.88. The zero-order valence-corrected chi connectivity index (χ0v) is 22.8. The van der Waals surface area contributed by atoms with Gasteiger partial charge >= 0.3 is 0 Å². The van der Waals surface area contributed by atoms with E-state index in [4.69, 9.17) is 4.42 Å². The van der Waals surface area contributed by atoms with Crippen LogP contribution in [0.1, 0.15) is 22.3 Å². The van der Waals surface area contributed by atoms with Gasteiger partial charge in [-0.2, -0.15) is 0 Å². The molecule has 0 N–H and O–H groups in total. The summed E-state index contributed by atoms with van der Waals surface area (Å²) in [6.45, 7) is 0. The molecule has 2 aliphatic carbocycles. The molecular formula is C41H24O. The molecule has 0 fully saturated rings. The Balaban J connectivity index is 1.30. The van der Waals surface area contributed by atoms with Crippen LogP contribution in [0.5, 0.6) is 0 Å². The lowest BCUT2D eigenvalue weighted by atomic mass is 9.69. The van der Waals surface area contributed by atoms with Crippen LogP contribution in [0.3, 0.4) is 0 Å². The van der Waals surface area contributed by atoms with Crippen molar-refractivity contribution in [3.8, 4) is 33.4 Å². The molecule has 2 aliphatic rings. The number of hydrogen-bond donors (Lipinski definition) is 0. The molecule has 1 heterocycles. The van der Waals surface area contributed by atoms with E-state index >= 15 is 0 Å². The van der Waals surface area contributed by atoms with Gasteiger partial charge in [-0.1, -0.05) is 121 Å². The third-order valence-electron chi connectivity index (χ3n) is 9.68. The van der Waals surface area contributed by atoms with E-state index in [2.05, 4.69) is 133 Å². The third-order valence-corrected chi connectivity index (χ3v) is 9.68. The van der Waals surface area contributed by atoms with Crippen molar-refractivity contribution in [2.24, 2.45) is 0 Å². The van der Waals surface area contributed by atoms with E-state index in [1.54, 1.807) is 0 Å². The van der Waals surface area contributed by atoms with Gasteiger partial charge in [0.05, 0.1) is 5.41 Å². The predicted octanol–water partition coefficient (Wildman–Crippen LogP) is 10.7. The topological polar surface area (TPSA) is 13.1 Å². The van der Waals surface area contributed by atoms with Crippen LogP contribution in [-0.4, -0.2) is 0 Å². The Morgan fingerprint density at radius 1 is 0.381 bits per heavy atom. The molecule has 0 saturated carbocycles. The molecule has 1 nitrogen and oxygen atoms in total. The second kappa shape index (κ2) is 7.87. The summed E-state index contributed by atoms with van der Waals surface area (Å²) in [6, 6.07) is 53.6. The summed E-state index contributed by atoms with van der Waals surface area (Å²) in [5.41, 5.74) is 14.7. The highest BCUT2D eigenvalue weighted by molar-refractivity contribution is 6.07. The molecule has 0 aliphatic heterocycles. The molecule has 0 atom stereocenters. The number of rotatable bonds is 1. The van der Waals surface area contributed by atoms with E-state index in [1.807, 2.05) is 12.1 Å². The van der Waals surface area contributed by atoms with E-state index in [0.29, 0.717) is 0 Å². The molecule has 194 valence electrons. The number of furan rings is 1. The van der Waals surface area contributed by atoms with Crippen molar-refractivity contribution >= 4 is 32.7 Å². The van der Waals surface area contributed by atoms with Gasteiger partial charge in [0.2, 0.25) is 0 Å². The van der Waals surface area contributed by atoms with Crippen LogP contribution in [0.4, 0.5) is 0 Å². The van der Waals surface area contributed by atoms with Gasteiger partial charge in [0, 0.05) is 10.8 Å². The van der Waals surface area contributed by atoms with Crippen molar-refractivity contribution in [1.82, 2.24) is 0 Å². The van der Waals surface area contributed by atoms with Crippen molar-refractivity contribution in [1.29, 1.82) is 0 Å². The zero-order valence-electron chi connectivity index (χ0n) is 22.8. The lowest BCUT2D eigenvalue weighted by Gasteiger charge is -2.31. The first kappa shape index (κ1) is 22.3. The lowest BCUT2D eigenvalue weighted by Crippen LogP contribution is -2.26.